The van der Waals surface area contributed by atoms with Crippen molar-refractivity contribution in [1.29, 1.82) is 5.26 Å². The van der Waals surface area contributed by atoms with Crippen LogP contribution >= 0.6 is 15.9 Å². The summed E-state index contributed by atoms with van der Waals surface area (Å²) in [7, 11) is 1.47. The highest BCUT2D eigenvalue weighted by Crippen LogP contribution is 2.47. The van der Waals surface area contributed by atoms with Gasteiger partial charge in [0.25, 0.3) is 0 Å². The molecule has 1 aliphatic heterocycles. The van der Waals surface area contributed by atoms with Crippen LogP contribution in [0.15, 0.2) is 69.5 Å². The third kappa shape index (κ3) is 3.40. The summed E-state index contributed by atoms with van der Waals surface area (Å²) in [5.41, 5.74) is 4.60. The molecule has 0 spiro atoms. The van der Waals surface area contributed by atoms with E-state index in [1.165, 1.54) is 7.11 Å². The Hall–Kier alpha value is -3.04. The fourth-order valence-corrected chi connectivity index (χ4v) is 4.86. The van der Waals surface area contributed by atoms with Crippen molar-refractivity contribution in [3.8, 4) is 17.6 Å². The number of benzene rings is 2. The number of phenolic OH excluding ortho intramolecular Hbond substituents is 1. The van der Waals surface area contributed by atoms with Gasteiger partial charge >= 0.3 is 0 Å². The molecular formula is C24H21BrN2O3. The van der Waals surface area contributed by atoms with Crippen molar-refractivity contribution >= 4 is 21.7 Å². The van der Waals surface area contributed by atoms with Crippen molar-refractivity contribution in [3.05, 3.63) is 80.6 Å². The van der Waals surface area contributed by atoms with Crippen LogP contribution in [0.25, 0.3) is 0 Å². The number of ketones is 1. The summed E-state index contributed by atoms with van der Waals surface area (Å²) in [5.74, 6) is -0.0847. The molecule has 5 nitrogen and oxygen atoms in total. The molecule has 152 valence electrons. The first-order chi connectivity index (χ1) is 14.4. The number of hydrogen-bond acceptors (Lipinski definition) is 5. The predicted octanol–water partition coefficient (Wildman–Crippen LogP) is 5.05. The minimum atomic E-state index is -0.499. The Balaban J connectivity index is 1.84. The number of phenols is 1. The number of Topliss-reactive ketones (excluding diaryl/α,β-unsaturated/α-hetero) is 1. The number of allylic oxidation sites excluding steroid dienone is 4. The van der Waals surface area contributed by atoms with Gasteiger partial charge in [-0.1, -0.05) is 30.3 Å². The Kier molecular flexibility index (Phi) is 5.40. The van der Waals surface area contributed by atoms with Gasteiger partial charge in [0.15, 0.2) is 17.3 Å². The fourth-order valence-electron chi connectivity index (χ4n) is 4.40. The first kappa shape index (κ1) is 20.2. The summed E-state index contributed by atoms with van der Waals surface area (Å²) in [6, 6.07) is 15.8. The van der Waals surface area contributed by atoms with E-state index >= 15 is 0 Å². The van der Waals surface area contributed by atoms with E-state index in [1.54, 1.807) is 12.1 Å². The molecule has 0 radical (unpaired) electrons. The molecule has 0 aromatic heterocycles. The van der Waals surface area contributed by atoms with Gasteiger partial charge in [0.05, 0.1) is 29.1 Å². The lowest BCUT2D eigenvalue weighted by Gasteiger charge is -2.35. The van der Waals surface area contributed by atoms with Gasteiger partial charge in [0.2, 0.25) is 0 Å². The molecule has 2 atom stereocenters. The number of carbonyl (C=O) groups excluding carboxylic acids is 1. The molecule has 2 aromatic rings. The number of carbonyl (C=O) groups is 1. The van der Waals surface area contributed by atoms with Crippen molar-refractivity contribution in [2.75, 3.05) is 7.11 Å². The molecule has 1 heterocycles. The third-order valence-corrected chi connectivity index (χ3v) is 6.43. The third-order valence-electron chi connectivity index (χ3n) is 5.82. The van der Waals surface area contributed by atoms with Crippen molar-refractivity contribution < 1.29 is 14.6 Å². The number of nitrogens with one attached hydrogen (secondary N) is 1. The monoisotopic (exact) mass is 464 g/mol. The van der Waals surface area contributed by atoms with Crippen LogP contribution in [0, 0.1) is 11.3 Å². The van der Waals surface area contributed by atoms with Crippen molar-refractivity contribution in [3.63, 3.8) is 0 Å². The Morgan fingerprint density at radius 2 is 1.93 bits per heavy atom. The van der Waals surface area contributed by atoms with Gasteiger partial charge < -0.3 is 15.2 Å². The van der Waals surface area contributed by atoms with Crippen LogP contribution in [0.4, 0.5) is 0 Å². The van der Waals surface area contributed by atoms with Crippen LogP contribution in [0.3, 0.4) is 0 Å². The topological polar surface area (TPSA) is 82.3 Å². The van der Waals surface area contributed by atoms with E-state index in [9.17, 15) is 15.2 Å². The Labute approximate surface area is 183 Å². The van der Waals surface area contributed by atoms with E-state index < -0.39 is 5.92 Å². The molecule has 1 aliphatic carbocycles. The molecule has 0 amide bonds. The molecular weight excluding hydrogens is 444 g/mol. The Morgan fingerprint density at radius 1 is 1.20 bits per heavy atom. The number of dihydropyridines is 1. The van der Waals surface area contributed by atoms with Crippen LogP contribution in [-0.2, 0) is 4.79 Å². The summed E-state index contributed by atoms with van der Waals surface area (Å²) in [4.78, 5) is 13.3. The number of nitrogens with zero attached hydrogens (tertiary/aromatic N) is 1. The van der Waals surface area contributed by atoms with Crippen LogP contribution < -0.4 is 10.1 Å². The largest absolute Gasteiger partial charge is 0.503 e. The van der Waals surface area contributed by atoms with Gasteiger partial charge in [0, 0.05) is 23.4 Å². The van der Waals surface area contributed by atoms with Crippen LogP contribution in [-0.4, -0.2) is 18.0 Å². The molecule has 0 bridgehead atoms. The van der Waals surface area contributed by atoms with E-state index in [1.807, 2.05) is 25.1 Å². The molecule has 0 fully saturated rings. The van der Waals surface area contributed by atoms with Crippen molar-refractivity contribution in [2.45, 2.75) is 31.6 Å². The highest BCUT2D eigenvalue weighted by molar-refractivity contribution is 9.10. The van der Waals surface area contributed by atoms with Gasteiger partial charge in [-0.3, -0.25) is 4.79 Å². The maximum atomic E-state index is 13.3. The van der Waals surface area contributed by atoms with E-state index in [2.05, 4.69) is 39.4 Å². The number of halogens is 1. The highest BCUT2D eigenvalue weighted by atomic mass is 79.9. The molecule has 2 N–H and O–H groups in total. The van der Waals surface area contributed by atoms with E-state index in [0.29, 0.717) is 34.2 Å². The van der Waals surface area contributed by atoms with Gasteiger partial charge in [-0.15, -0.1) is 0 Å². The minimum absolute atomic E-state index is 0.0114. The predicted molar refractivity (Wildman–Crippen MR) is 117 cm³/mol. The van der Waals surface area contributed by atoms with Crippen LogP contribution in [0.5, 0.6) is 11.5 Å². The zero-order valence-electron chi connectivity index (χ0n) is 16.7. The molecule has 30 heavy (non-hydrogen) atoms. The Bertz CT molecular complexity index is 1130. The minimum Gasteiger partial charge on any atom is -0.503 e. The second kappa shape index (κ2) is 8.00. The molecule has 6 heteroatoms. The second-order valence-electron chi connectivity index (χ2n) is 7.59. The number of ether oxygens (including phenoxy) is 1. The maximum Gasteiger partial charge on any atom is 0.172 e. The molecule has 2 aliphatic rings. The Morgan fingerprint density at radius 3 is 2.60 bits per heavy atom. The molecule has 0 saturated carbocycles. The molecule has 2 aromatic carbocycles. The van der Waals surface area contributed by atoms with E-state index in [-0.39, 0.29) is 17.5 Å². The SMILES string of the molecule is COc1cc(C2C(C#N)=C(C)NC3=C2C(=O)CC(c2ccccc2)C3)cc(Br)c1O. The molecule has 0 saturated heterocycles. The summed E-state index contributed by atoms with van der Waals surface area (Å²) in [5, 5.41) is 23.4. The number of aromatic hydroxyl groups is 1. The number of nitriles is 1. The zero-order valence-corrected chi connectivity index (χ0v) is 18.3. The molecule has 4 rings (SSSR count). The van der Waals surface area contributed by atoms with Gasteiger partial charge in [0.1, 0.15) is 0 Å². The standard InChI is InChI=1S/C24H21BrN2O3/c1-13-17(12-26)22(16-8-18(25)24(29)21(11-16)30-2)23-19(27-13)9-15(10-20(23)28)14-6-4-3-5-7-14/h3-8,11,15,22,27,29H,9-10H2,1-2H3. The summed E-state index contributed by atoms with van der Waals surface area (Å²) in [6.45, 7) is 1.86. The first-order valence-corrected chi connectivity index (χ1v) is 10.5. The lowest BCUT2D eigenvalue weighted by Crippen LogP contribution is -2.33. The highest BCUT2D eigenvalue weighted by Gasteiger charge is 2.39. The van der Waals surface area contributed by atoms with E-state index in [0.717, 1.165) is 22.5 Å². The lowest BCUT2D eigenvalue weighted by molar-refractivity contribution is -0.116. The zero-order chi connectivity index (χ0) is 21.4. The first-order valence-electron chi connectivity index (χ1n) is 9.70. The van der Waals surface area contributed by atoms with Crippen molar-refractivity contribution in [2.24, 2.45) is 0 Å². The average Bonchev–Trinajstić information content (AvgIpc) is 2.75. The summed E-state index contributed by atoms with van der Waals surface area (Å²) >= 11 is 3.36. The lowest BCUT2D eigenvalue weighted by atomic mass is 9.72. The number of hydrogen-bond donors (Lipinski definition) is 2. The summed E-state index contributed by atoms with van der Waals surface area (Å²) in [6.07, 6.45) is 1.10. The van der Waals surface area contributed by atoms with Crippen molar-refractivity contribution in [1.82, 2.24) is 5.32 Å². The number of methoxy groups -OCH3 is 1. The van der Waals surface area contributed by atoms with Crippen LogP contribution in [0.2, 0.25) is 0 Å². The maximum absolute atomic E-state index is 13.3. The van der Waals surface area contributed by atoms with Gasteiger partial charge in [-0.05, 0) is 58.5 Å². The smallest absolute Gasteiger partial charge is 0.172 e. The fraction of sp³-hybridized carbons (Fsp3) is 0.250. The quantitative estimate of drug-likeness (QED) is 0.663. The second-order valence-corrected chi connectivity index (χ2v) is 8.45. The van der Waals surface area contributed by atoms with Crippen LogP contribution in [0.1, 0.15) is 42.7 Å². The normalized spacial score (nSPS) is 21.1. The average molecular weight is 465 g/mol. The van der Waals surface area contributed by atoms with Gasteiger partial charge in [-0.25, -0.2) is 0 Å². The van der Waals surface area contributed by atoms with Gasteiger partial charge in [-0.2, -0.15) is 5.26 Å². The summed E-state index contributed by atoms with van der Waals surface area (Å²) < 4.78 is 5.75. The van der Waals surface area contributed by atoms with E-state index in [4.69, 9.17) is 4.74 Å². The molecule has 2 unspecified atom stereocenters. The number of rotatable bonds is 3.